The first-order valence-electron chi connectivity index (χ1n) is 7.54. The van der Waals surface area contributed by atoms with Crippen LogP contribution in [0.15, 0.2) is 30.9 Å². The topological polar surface area (TPSA) is 66.9 Å². The van der Waals surface area contributed by atoms with Crippen LogP contribution in [0.3, 0.4) is 0 Å². The van der Waals surface area contributed by atoms with Gasteiger partial charge in [0, 0.05) is 24.2 Å². The van der Waals surface area contributed by atoms with Crippen molar-refractivity contribution in [1.29, 1.82) is 0 Å². The lowest BCUT2D eigenvalue weighted by Crippen LogP contribution is -2.20. The molecule has 0 aliphatic carbocycles. The van der Waals surface area contributed by atoms with Gasteiger partial charge >= 0.3 is 0 Å². The second-order valence-electron chi connectivity index (χ2n) is 5.68. The number of ether oxygens (including phenoxy) is 1. The molecule has 1 N–H and O–H groups in total. The highest BCUT2D eigenvalue weighted by atomic mass is 16.5. The maximum atomic E-state index is 5.54. The second kappa shape index (κ2) is 6.70. The highest BCUT2D eigenvalue weighted by Gasteiger charge is 2.22. The van der Waals surface area contributed by atoms with E-state index in [1.807, 2.05) is 18.2 Å². The fourth-order valence-electron chi connectivity index (χ4n) is 3.02. The summed E-state index contributed by atoms with van der Waals surface area (Å²) in [5.41, 5.74) is 2.09. The summed E-state index contributed by atoms with van der Waals surface area (Å²) in [6.45, 7) is 7.00. The molecule has 2 heterocycles. The molecule has 116 valence electrons. The van der Waals surface area contributed by atoms with Crippen LogP contribution in [0.4, 0.5) is 0 Å². The molecule has 0 radical (unpaired) electrons. The van der Waals surface area contributed by atoms with E-state index in [-0.39, 0.29) is 0 Å². The smallest absolute Gasteiger partial charge is 0.204 e. The fourth-order valence-corrected chi connectivity index (χ4v) is 3.02. The maximum Gasteiger partial charge on any atom is 0.204 e. The average Bonchev–Trinajstić information content (AvgIpc) is 3.20. The molecule has 0 bridgehead atoms. The van der Waals surface area contributed by atoms with Crippen molar-refractivity contribution in [3.8, 4) is 17.1 Å². The molecule has 2 aromatic rings. The van der Waals surface area contributed by atoms with E-state index >= 15 is 0 Å². The van der Waals surface area contributed by atoms with E-state index < -0.39 is 0 Å². The van der Waals surface area contributed by atoms with Gasteiger partial charge in [-0.3, -0.25) is 4.90 Å². The van der Waals surface area contributed by atoms with E-state index in [9.17, 15) is 0 Å². The summed E-state index contributed by atoms with van der Waals surface area (Å²) in [5, 5.41) is 14.1. The SMILES string of the molecule is C=CCC1CCN(Cc2ccc(-c3nn[nH]n3)cc2OC)C1. The lowest BCUT2D eigenvalue weighted by Gasteiger charge is -2.18. The molecule has 1 fully saturated rings. The molecule has 1 saturated heterocycles. The number of H-pyrrole nitrogens is 1. The van der Waals surface area contributed by atoms with Crippen molar-refractivity contribution in [2.24, 2.45) is 5.92 Å². The zero-order valence-corrected chi connectivity index (χ0v) is 12.8. The number of hydrogen-bond donors (Lipinski definition) is 1. The standard InChI is InChI=1S/C16H21N5O/c1-3-4-12-7-8-21(10-12)11-14-6-5-13(9-15(14)22-2)16-17-19-20-18-16/h3,5-6,9,12H,1,4,7-8,10-11H2,2H3,(H,17,18,19,20). The molecule has 22 heavy (non-hydrogen) atoms. The van der Waals surface area contributed by atoms with Crippen LogP contribution in [-0.4, -0.2) is 45.7 Å². The van der Waals surface area contributed by atoms with E-state index in [0.717, 1.165) is 43.3 Å². The van der Waals surface area contributed by atoms with Gasteiger partial charge < -0.3 is 4.74 Å². The minimum Gasteiger partial charge on any atom is -0.496 e. The highest BCUT2D eigenvalue weighted by molar-refractivity contribution is 5.58. The highest BCUT2D eigenvalue weighted by Crippen LogP contribution is 2.28. The van der Waals surface area contributed by atoms with E-state index in [1.54, 1.807) is 7.11 Å². The van der Waals surface area contributed by atoms with Gasteiger partial charge in [-0.2, -0.15) is 5.21 Å². The number of aromatic nitrogens is 4. The van der Waals surface area contributed by atoms with Gasteiger partial charge in [0.25, 0.3) is 0 Å². The number of tetrazole rings is 1. The Morgan fingerprint density at radius 2 is 2.41 bits per heavy atom. The Morgan fingerprint density at radius 3 is 3.14 bits per heavy atom. The average molecular weight is 299 g/mol. The lowest BCUT2D eigenvalue weighted by atomic mass is 10.1. The zero-order chi connectivity index (χ0) is 15.4. The van der Waals surface area contributed by atoms with Gasteiger partial charge in [0.2, 0.25) is 5.82 Å². The summed E-state index contributed by atoms with van der Waals surface area (Å²) < 4.78 is 5.54. The fraction of sp³-hybridized carbons (Fsp3) is 0.438. The van der Waals surface area contributed by atoms with Crippen molar-refractivity contribution in [3.05, 3.63) is 36.4 Å². The van der Waals surface area contributed by atoms with Gasteiger partial charge in [0.1, 0.15) is 5.75 Å². The largest absolute Gasteiger partial charge is 0.496 e. The van der Waals surface area contributed by atoms with Gasteiger partial charge in [0.05, 0.1) is 7.11 Å². The molecule has 1 aliphatic heterocycles. The summed E-state index contributed by atoms with van der Waals surface area (Å²) in [7, 11) is 1.70. The van der Waals surface area contributed by atoms with Gasteiger partial charge in [-0.15, -0.1) is 16.8 Å². The Hall–Kier alpha value is -2.21. The van der Waals surface area contributed by atoms with Crippen molar-refractivity contribution in [2.75, 3.05) is 20.2 Å². The predicted molar refractivity (Wildman–Crippen MR) is 84.4 cm³/mol. The van der Waals surface area contributed by atoms with Crippen LogP contribution in [0.1, 0.15) is 18.4 Å². The first kappa shape index (κ1) is 14.7. The summed E-state index contributed by atoms with van der Waals surface area (Å²) in [6, 6.07) is 6.07. The van der Waals surface area contributed by atoms with Crippen LogP contribution in [0.2, 0.25) is 0 Å². The summed E-state index contributed by atoms with van der Waals surface area (Å²) >= 11 is 0. The number of likely N-dealkylation sites (tertiary alicyclic amines) is 1. The zero-order valence-electron chi connectivity index (χ0n) is 12.8. The third kappa shape index (κ3) is 3.17. The molecule has 3 rings (SSSR count). The molecule has 6 heteroatoms. The number of nitrogens with one attached hydrogen (secondary N) is 1. The minimum atomic E-state index is 0.581. The van der Waals surface area contributed by atoms with Crippen LogP contribution >= 0.6 is 0 Å². The Bertz CT molecular complexity index is 625. The van der Waals surface area contributed by atoms with Crippen LogP contribution in [0.5, 0.6) is 5.75 Å². The quantitative estimate of drug-likeness (QED) is 0.829. The second-order valence-corrected chi connectivity index (χ2v) is 5.68. The van der Waals surface area contributed by atoms with Gasteiger partial charge in [-0.25, -0.2) is 0 Å². The van der Waals surface area contributed by atoms with E-state index in [4.69, 9.17) is 4.74 Å². The Kier molecular flexibility index (Phi) is 4.48. The molecular formula is C16H21N5O. The molecule has 0 spiro atoms. The monoisotopic (exact) mass is 299 g/mol. The molecule has 1 atom stereocenters. The Morgan fingerprint density at radius 1 is 1.50 bits per heavy atom. The normalized spacial score (nSPS) is 18.5. The van der Waals surface area contributed by atoms with Crippen molar-refractivity contribution in [3.63, 3.8) is 0 Å². The molecule has 1 aliphatic rings. The van der Waals surface area contributed by atoms with Crippen molar-refractivity contribution < 1.29 is 4.74 Å². The summed E-state index contributed by atoms with van der Waals surface area (Å²) in [6.07, 6.45) is 4.37. The van der Waals surface area contributed by atoms with Crippen LogP contribution in [0.25, 0.3) is 11.4 Å². The third-order valence-corrected chi connectivity index (χ3v) is 4.15. The molecular weight excluding hydrogens is 278 g/mol. The van der Waals surface area contributed by atoms with Crippen molar-refractivity contribution in [1.82, 2.24) is 25.5 Å². The van der Waals surface area contributed by atoms with Crippen molar-refractivity contribution >= 4 is 0 Å². The number of benzene rings is 1. The number of hydrogen-bond acceptors (Lipinski definition) is 5. The predicted octanol–water partition coefficient (Wildman–Crippen LogP) is 2.27. The number of rotatable bonds is 6. The first-order valence-corrected chi connectivity index (χ1v) is 7.54. The summed E-state index contributed by atoms with van der Waals surface area (Å²) in [5.74, 6) is 2.19. The molecule has 1 aromatic heterocycles. The number of allylic oxidation sites excluding steroid dienone is 1. The van der Waals surface area contributed by atoms with Gasteiger partial charge in [-0.1, -0.05) is 18.2 Å². The van der Waals surface area contributed by atoms with Gasteiger partial charge in [0.15, 0.2) is 0 Å². The van der Waals surface area contributed by atoms with Crippen LogP contribution in [-0.2, 0) is 6.54 Å². The molecule has 6 nitrogen and oxygen atoms in total. The van der Waals surface area contributed by atoms with Crippen LogP contribution < -0.4 is 4.74 Å². The molecule has 1 unspecified atom stereocenters. The van der Waals surface area contributed by atoms with Gasteiger partial charge in [-0.05, 0) is 36.6 Å². The molecule has 1 aromatic carbocycles. The minimum absolute atomic E-state index is 0.581. The maximum absolute atomic E-state index is 5.54. The first-order chi connectivity index (χ1) is 10.8. The third-order valence-electron chi connectivity index (χ3n) is 4.15. The molecule has 0 amide bonds. The van der Waals surface area contributed by atoms with Crippen LogP contribution in [0, 0.1) is 5.92 Å². The number of aromatic amines is 1. The summed E-state index contributed by atoms with van der Waals surface area (Å²) in [4.78, 5) is 2.47. The number of nitrogens with zero attached hydrogens (tertiary/aromatic N) is 4. The lowest BCUT2D eigenvalue weighted by molar-refractivity contribution is 0.308. The van der Waals surface area contributed by atoms with Crippen molar-refractivity contribution in [2.45, 2.75) is 19.4 Å². The van der Waals surface area contributed by atoms with E-state index in [2.05, 4.69) is 38.2 Å². The Balaban J connectivity index is 1.73. The van der Waals surface area contributed by atoms with E-state index in [1.165, 1.54) is 12.0 Å². The van der Waals surface area contributed by atoms with E-state index in [0.29, 0.717) is 5.82 Å². The Labute approximate surface area is 130 Å². The number of methoxy groups -OCH3 is 1. The molecule has 0 saturated carbocycles.